The fourth-order valence-electron chi connectivity index (χ4n) is 1.79. The molecular weight excluding hydrogens is 261 g/mol. The van der Waals surface area contributed by atoms with Gasteiger partial charge in [-0.15, -0.1) is 10.2 Å². The second kappa shape index (κ2) is 6.47. The van der Waals surface area contributed by atoms with E-state index in [-0.39, 0.29) is 18.4 Å². The van der Waals surface area contributed by atoms with Gasteiger partial charge in [-0.25, -0.2) is 4.39 Å². The third-order valence-electron chi connectivity index (χ3n) is 2.72. The number of nitrogens with zero attached hydrogens (tertiary/aromatic N) is 2. The van der Waals surface area contributed by atoms with Crippen LogP contribution in [0.25, 0.3) is 0 Å². The molecule has 0 radical (unpaired) electrons. The monoisotopic (exact) mass is 279 g/mol. The predicted octanol–water partition coefficient (Wildman–Crippen LogP) is 2.24. The molecule has 20 heavy (non-hydrogen) atoms. The lowest BCUT2D eigenvalue weighted by molar-refractivity contribution is 0.248. The minimum absolute atomic E-state index is 0.00738. The number of aromatic nitrogens is 2. The molecule has 0 aliphatic rings. The van der Waals surface area contributed by atoms with Crippen molar-refractivity contribution < 1.29 is 13.5 Å². The molecule has 5 nitrogen and oxygen atoms in total. The highest BCUT2D eigenvalue weighted by Crippen LogP contribution is 2.20. The van der Waals surface area contributed by atoms with Crippen LogP contribution in [0.15, 0.2) is 22.6 Å². The second-order valence-corrected chi connectivity index (χ2v) is 4.68. The number of hydrogen-bond acceptors (Lipinski definition) is 5. The first-order valence-electron chi connectivity index (χ1n) is 6.56. The zero-order valence-electron chi connectivity index (χ0n) is 11.6. The third-order valence-corrected chi connectivity index (χ3v) is 2.72. The van der Waals surface area contributed by atoms with Crippen molar-refractivity contribution >= 4 is 0 Å². The molecule has 1 atom stereocenters. The molecule has 2 aromatic rings. The van der Waals surface area contributed by atoms with Gasteiger partial charge in [-0.1, -0.05) is 13.0 Å². The van der Waals surface area contributed by atoms with Gasteiger partial charge in [0, 0.05) is 12.5 Å². The van der Waals surface area contributed by atoms with E-state index in [4.69, 9.17) is 14.9 Å². The Balaban J connectivity index is 1.99. The number of nitrogens with two attached hydrogens (primary N) is 1. The van der Waals surface area contributed by atoms with E-state index in [0.29, 0.717) is 24.6 Å². The normalized spacial score (nSPS) is 12.4. The largest absolute Gasteiger partial charge is 0.481 e. The van der Waals surface area contributed by atoms with Gasteiger partial charge < -0.3 is 14.9 Å². The third kappa shape index (κ3) is 3.77. The van der Waals surface area contributed by atoms with Gasteiger partial charge >= 0.3 is 0 Å². The molecule has 1 aromatic heterocycles. The summed E-state index contributed by atoms with van der Waals surface area (Å²) in [5.41, 5.74) is 6.52. The fraction of sp³-hybridized carbons (Fsp3) is 0.429. The molecule has 108 valence electrons. The van der Waals surface area contributed by atoms with E-state index >= 15 is 0 Å². The lowest BCUT2D eigenvalue weighted by Gasteiger charge is -2.08. The standard InChI is InChI=1S/C14H18FN3O2/c1-3-13-17-18-14(20-13)8-19-12-5-4-10(6-9(2)16)7-11(12)15/h4-5,7,9H,3,6,8,16H2,1-2H3. The summed E-state index contributed by atoms with van der Waals surface area (Å²) in [6.07, 6.45) is 1.29. The molecule has 0 fully saturated rings. The Labute approximate surface area is 116 Å². The van der Waals surface area contributed by atoms with Crippen LogP contribution < -0.4 is 10.5 Å². The Morgan fingerprint density at radius 2 is 2.10 bits per heavy atom. The van der Waals surface area contributed by atoms with Crippen LogP contribution in [0.2, 0.25) is 0 Å². The number of aryl methyl sites for hydroxylation is 1. The Kier molecular flexibility index (Phi) is 4.68. The molecule has 0 aliphatic carbocycles. The van der Waals surface area contributed by atoms with Crippen molar-refractivity contribution in [1.82, 2.24) is 10.2 Å². The van der Waals surface area contributed by atoms with E-state index in [0.717, 1.165) is 5.56 Å². The summed E-state index contributed by atoms with van der Waals surface area (Å²) in [6.45, 7) is 3.84. The number of hydrogen-bond donors (Lipinski definition) is 1. The molecule has 0 amide bonds. The molecule has 2 N–H and O–H groups in total. The van der Waals surface area contributed by atoms with Gasteiger partial charge in [0.15, 0.2) is 18.2 Å². The van der Waals surface area contributed by atoms with Crippen molar-refractivity contribution in [2.75, 3.05) is 0 Å². The Morgan fingerprint density at radius 1 is 1.35 bits per heavy atom. The van der Waals surface area contributed by atoms with Crippen molar-refractivity contribution in [1.29, 1.82) is 0 Å². The topological polar surface area (TPSA) is 74.2 Å². The number of halogens is 1. The van der Waals surface area contributed by atoms with Gasteiger partial charge in [-0.2, -0.15) is 0 Å². The lowest BCUT2D eigenvalue weighted by atomic mass is 10.1. The zero-order chi connectivity index (χ0) is 14.5. The fourth-order valence-corrected chi connectivity index (χ4v) is 1.79. The van der Waals surface area contributed by atoms with Crippen LogP contribution in [0.1, 0.15) is 31.2 Å². The van der Waals surface area contributed by atoms with Gasteiger partial charge in [0.05, 0.1) is 0 Å². The molecular formula is C14H18FN3O2. The van der Waals surface area contributed by atoms with Crippen LogP contribution in [0.4, 0.5) is 4.39 Å². The molecule has 1 unspecified atom stereocenters. The van der Waals surface area contributed by atoms with Crippen LogP contribution >= 0.6 is 0 Å². The van der Waals surface area contributed by atoms with E-state index in [9.17, 15) is 4.39 Å². The van der Waals surface area contributed by atoms with Crippen LogP contribution in [0.3, 0.4) is 0 Å². The quantitative estimate of drug-likeness (QED) is 0.877. The summed E-state index contributed by atoms with van der Waals surface area (Å²) in [7, 11) is 0. The highest BCUT2D eigenvalue weighted by molar-refractivity contribution is 5.29. The molecule has 0 saturated heterocycles. The van der Waals surface area contributed by atoms with Crippen LogP contribution in [-0.4, -0.2) is 16.2 Å². The van der Waals surface area contributed by atoms with Crippen molar-refractivity contribution in [3.8, 4) is 5.75 Å². The summed E-state index contributed by atoms with van der Waals surface area (Å²) in [6, 6.07) is 4.81. The summed E-state index contributed by atoms with van der Waals surface area (Å²) >= 11 is 0. The molecule has 2 rings (SSSR count). The van der Waals surface area contributed by atoms with E-state index in [2.05, 4.69) is 10.2 Å². The highest BCUT2D eigenvalue weighted by atomic mass is 19.1. The average Bonchev–Trinajstić information content (AvgIpc) is 2.85. The SMILES string of the molecule is CCc1nnc(COc2ccc(CC(C)N)cc2F)o1. The minimum atomic E-state index is -0.418. The summed E-state index contributed by atoms with van der Waals surface area (Å²) < 4.78 is 24.5. The molecule has 0 aliphatic heterocycles. The van der Waals surface area contributed by atoms with Crippen molar-refractivity contribution in [3.05, 3.63) is 41.4 Å². The van der Waals surface area contributed by atoms with Crippen molar-refractivity contribution in [2.45, 2.75) is 39.3 Å². The van der Waals surface area contributed by atoms with Gasteiger partial charge in [0.25, 0.3) is 5.89 Å². The number of ether oxygens (including phenoxy) is 1. The van der Waals surface area contributed by atoms with E-state index < -0.39 is 5.82 Å². The first kappa shape index (κ1) is 14.5. The van der Waals surface area contributed by atoms with Crippen LogP contribution in [-0.2, 0) is 19.4 Å². The van der Waals surface area contributed by atoms with Crippen molar-refractivity contribution in [2.24, 2.45) is 5.73 Å². The average molecular weight is 279 g/mol. The zero-order valence-corrected chi connectivity index (χ0v) is 11.6. The molecule has 1 aromatic carbocycles. The number of benzene rings is 1. The maximum absolute atomic E-state index is 13.8. The van der Waals surface area contributed by atoms with E-state index in [1.807, 2.05) is 13.8 Å². The summed E-state index contributed by atoms with van der Waals surface area (Å²) in [4.78, 5) is 0. The van der Waals surface area contributed by atoms with Crippen LogP contribution in [0, 0.1) is 5.82 Å². The molecule has 0 saturated carbocycles. The van der Waals surface area contributed by atoms with Gasteiger partial charge in [0.1, 0.15) is 0 Å². The number of rotatable bonds is 6. The first-order chi connectivity index (χ1) is 9.58. The maximum Gasteiger partial charge on any atom is 0.253 e. The Bertz CT molecular complexity index is 569. The van der Waals surface area contributed by atoms with Crippen molar-refractivity contribution in [3.63, 3.8) is 0 Å². The minimum Gasteiger partial charge on any atom is -0.481 e. The first-order valence-corrected chi connectivity index (χ1v) is 6.56. The second-order valence-electron chi connectivity index (χ2n) is 4.68. The molecule has 1 heterocycles. The molecule has 6 heteroatoms. The van der Waals surface area contributed by atoms with E-state index in [1.54, 1.807) is 12.1 Å². The predicted molar refractivity (Wildman–Crippen MR) is 71.8 cm³/mol. The summed E-state index contributed by atoms with van der Waals surface area (Å²) in [5, 5.41) is 7.62. The lowest BCUT2D eigenvalue weighted by Crippen LogP contribution is -2.17. The summed E-state index contributed by atoms with van der Waals surface area (Å²) in [5.74, 6) is 0.616. The maximum atomic E-state index is 13.8. The molecule has 0 spiro atoms. The molecule has 0 bridgehead atoms. The van der Waals surface area contributed by atoms with E-state index in [1.165, 1.54) is 6.07 Å². The van der Waals surface area contributed by atoms with Crippen LogP contribution in [0.5, 0.6) is 5.75 Å². The van der Waals surface area contributed by atoms with Gasteiger partial charge in [-0.3, -0.25) is 0 Å². The highest BCUT2D eigenvalue weighted by Gasteiger charge is 2.09. The van der Waals surface area contributed by atoms with Gasteiger partial charge in [0.2, 0.25) is 5.89 Å². The Hall–Kier alpha value is -1.95. The van der Waals surface area contributed by atoms with Gasteiger partial charge in [-0.05, 0) is 31.0 Å². The Morgan fingerprint density at radius 3 is 2.70 bits per heavy atom. The smallest absolute Gasteiger partial charge is 0.253 e.